The zero-order valence-electron chi connectivity index (χ0n) is 7.30. The molecule has 13 heavy (non-hydrogen) atoms. The van der Waals surface area contributed by atoms with Crippen LogP contribution in [0.2, 0.25) is 0 Å². The van der Waals surface area contributed by atoms with Crippen LogP contribution in [0.15, 0.2) is 6.20 Å². The Morgan fingerprint density at radius 1 is 1.54 bits per heavy atom. The van der Waals surface area contributed by atoms with Gasteiger partial charge in [0.25, 0.3) is 0 Å². The van der Waals surface area contributed by atoms with Crippen molar-refractivity contribution in [3.8, 4) is 0 Å². The summed E-state index contributed by atoms with van der Waals surface area (Å²) in [5.74, 6) is 0. The van der Waals surface area contributed by atoms with Crippen LogP contribution in [0.25, 0.3) is 0 Å². The first-order chi connectivity index (χ1) is 5.95. The smallest absolute Gasteiger partial charge is 0.445 e. The Labute approximate surface area is 73.5 Å². The van der Waals surface area contributed by atoms with Crippen molar-refractivity contribution in [2.75, 3.05) is 7.11 Å². The zero-order chi connectivity index (χ0) is 10.1. The number of halogens is 3. The van der Waals surface area contributed by atoms with E-state index in [0.717, 1.165) is 10.9 Å². The minimum Gasteiger partial charge on any atom is -0.445 e. The molecule has 0 spiro atoms. The van der Waals surface area contributed by atoms with Crippen molar-refractivity contribution in [2.45, 2.75) is 6.61 Å². The fourth-order valence-electron chi connectivity index (χ4n) is 1.08. The molecule has 3 nitrogen and oxygen atoms in total. The lowest BCUT2D eigenvalue weighted by molar-refractivity contribution is 0.181. The number of aromatic nitrogens is 2. The van der Waals surface area contributed by atoms with E-state index in [1.54, 1.807) is 0 Å². The number of methoxy groups -OCH3 is 1. The molecule has 1 rings (SSSR count). The second kappa shape index (κ2) is 3.41. The predicted molar refractivity (Wildman–Crippen MR) is 42.6 cm³/mol. The number of rotatable bonds is 3. The van der Waals surface area contributed by atoms with Crippen molar-refractivity contribution < 1.29 is 17.7 Å². The monoisotopic (exact) mass is 193 g/mol. The van der Waals surface area contributed by atoms with Crippen LogP contribution in [0.1, 0.15) is 5.69 Å². The van der Waals surface area contributed by atoms with Crippen LogP contribution in [0.4, 0.5) is 12.9 Å². The minimum atomic E-state index is -4.99. The Balaban J connectivity index is 3.04. The normalized spacial score (nSPS) is 12.1. The molecule has 1 heterocycles. The summed E-state index contributed by atoms with van der Waals surface area (Å²) in [6.45, 7) is -5.10. The number of ether oxygens (including phenoxy) is 1. The SMILES string of the molecule is COCc1nn(C)cc1[B-](F)(F)F. The molecule has 0 bridgehead atoms. The molecule has 0 N–H and O–H groups in total. The lowest BCUT2D eigenvalue weighted by Crippen LogP contribution is -2.35. The van der Waals surface area contributed by atoms with Crippen molar-refractivity contribution in [1.82, 2.24) is 9.78 Å². The van der Waals surface area contributed by atoms with Gasteiger partial charge in [0.1, 0.15) is 0 Å². The maximum Gasteiger partial charge on any atom is 0.513 e. The number of hydrogen-bond acceptors (Lipinski definition) is 2. The zero-order valence-corrected chi connectivity index (χ0v) is 7.30. The Morgan fingerprint density at radius 2 is 2.15 bits per heavy atom. The summed E-state index contributed by atoms with van der Waals surface area (Å²) in [7, 11) is 2.78. The van der Waals surface area contributed by atoms with Gasteiger partial charge >= 0.3 is 6.98 Å². The molecule has 0 saturated heterocycles. The van der Waals surface area contributed by atoms with E-state index in [9.17, 15) is 12.9 Å². The molecule has 74 valence electrons. The van der Waals surface area contributed by atoms with Crippen molar-refractivity contribution in [1.29, 1.82) is 0 Å². The van der Waals surface area contributed by atoms with Crippen LogP contribution < -0.4 is 5.46 Å². The van der Waals surface area contributed by atoms with Crippen LogP contribution in [-0.2, 0) is 18.4 Å². The van der Waals surface area contributed by atoms with E-state index in [0.29, 0.717) is 0 Å². The predicted octanol–water partition coefficient (Wildman–Crippen LogP) is 0.621. The van der Waals surface area contributed by atoms with Gasteiger partial charge in [0.15, 0.2) is 0 Å². The van der Waals surface area contributed by atoms with E-state index in [2.05, 4.69) is 9.84 Å². The molecule has 1 aromatic rings. The molecule has 0 aliphatic rings. The summed E-state index contributed by atoms with van der Waals surface area (Å²) in [4.78, 5) is 0. The number of aryl methyl sites for hydroxylation is 1. The van der Waals surface area contributed by atoms with Gasteiger partial charge in [-0.25, -0.2) is 0 Å². The van der Waals surface area contributed by atoms with Crippen LogP contribution in [0.3, 0.4) is 0 Å². The van der Waals surface area contributed by atoms with E-state index >= 15 is 0 Å². The average Bonchev–Trinajstić information content (AvgIpc) is 2.30. The van der Waals surface area contributed by atoms with Gasteiger partial charge < -0.3 is 17.7 Å². The van der Waals surface area contributed by atoms with Crippen LogP contribution >= 0.6 is 0 Å². The molecule has 7 heteroatoms. The van der Waals surface area contributed by atoms with Crippen molar-refractivity contribution in [3.63, 3.8) is 0 Å². The van der Waals surface area contributed by atoms with E-state index in [1.165, 1.54) is 14.2 Å². The Morgan fingerprint density at radius 3 is 2.62 bits per heavy atom. The van der Waals surface area contributed by atoms with Gasteiger partial charge in [-0.3, -0.25) is 4.68 Å². The molecule has 0 amide bonds. The lowest BCUT2D eigenvalue weighted by Gasteiger charge is -2.13. The van der Waals surface area contributed by atoms with Gasteiger partial charge in [-0.2, -0.15) is 5.10 Å². The topological polar surface area (TPSA) is 27.1 Å². The van der Waals surface area contributed by atoms with E-state index in [-0.39, 0.29) is 12.3 Å². The maximum absolute atomic E-state index is 12.3. The molecule has 0 atom stereocenters. The third-order valence-electron chi connectivity index (χ3n) is 1.57. The summed E-state index contributed by atoms with van der Waals surface area (Å²) in [6.07, 6.45) is 0.967. The molecule has 0 aromatic carbocycles. The van der Waals surface area contributed by atoms with Gasteiger partial charge in [0.2, 0.25) is 0 Å². The van der Waals surface area contributed by atoms with Gasteiger partial charge in [-0.1, -0.05) is 5.46 Å². The highest BCUT2D eigenvalue weighted by Crippen LogP contribution is 2.11. The largest absolute Gasteiger partial charge is 0.513 e. The molecule has 1 aromatic heterocycles. The highest BCUT2D eigenvalue weighted by atomic mass is 19.4. The van der Waals surface area contributed by atoms with E-state index in [4.69, 9.17) is 0 Å². The molecule has 0 saturated carbocycles. The summed E-state index contributed by atoms with van der Waals surface area (Å²) in [6, 6.07) is 0. The van der Waals surface area contributed by atoms with Crippen LogP contribution in [0, 0.1) is 0 Å². The van der Waals surface area contributed by atoms with Crippen molar-refractivity contribution >= 4 is 12.4 Å². The van der Waals surface area contributed by atoms with Crippen LogP contribution in [0.5, 0.6) is 0 Å². The fourth-order valence-corrected chi connectivity index (χ4v) is 1.08. The average molecular weight is 193 g/mol. The highest BCUT2D eigenvalue weighted by Gasteiger charge is 2.30. The fraction of sp³-hybridized carbons (Fsp3) is 0.500. The Kier molecular flexibility index (Phi) is 2.65. The van der Waals surface area contributed by atoms with Crippen molar-refractivity contribution in [3.05, 3.63) is 11.9 Å². The second-order valence-electron chi connectivity index (χ2n) is 2.71. The Bertz CT molecular complexity index is 297. The first-order valence-electron chi connectivity index (χ1n) is 3.66. The molecule has 0 aliphatic heterocycles. The Hall–Kier alpha value is -0.975. The summed E-state index contributed by atoms with van der Waals surface area (Å²) < 4.78 is 42.8. The summed E-state index contributed by atoms with van der Waals surface area (Å²) >= 11 is 0. The summed E-state index contributed by atoms with van der Waals surface area (Å²) in [5, 5.41) is 3.65. The standard InChI is InChI=1S/C6H9BF3N2O/c1-12-3-5(7(8,9)10)6(11-12)4-13-2/h3H,4H2,1-2H3/q-1. The number of nitrogens with zero attached hydrogens (tertiary/aromatic N) is 2. The molecular formula is C6H9BF3N2O-. The number of hydrogen-bond donors (Lipinski definition) is 0. The van der Waals surface area contributed by atoms with Crippen molar-refractivity contribution in [2.24, 2.45) is 7.05 Å². The van der Waals surface area contributed by atoms with Gasteiger partial charge in [-0.05, 0) is 6.20 Å². The van der Waals surface area contributed by atoms with E-state index in [1.807, 2.05) is 0 Å². The van der Waals surface area contributed by atoms with Crippen LogP contribution in [-0.4, -0.2) is 23.9 Å². The minimum absolute atomic E-state index is 0.0579. The maximum atomic E-state index is 12.3. The third-order valence-corrected chi connectivity index (χ3v) is 1.57. The molecule has 0 fully saturated rings. The highest BCUT2D eigenvalue weighted by molar-refractivity contribution is 6.73. The van der Waals surface area contributed by atoms with Gasteiger partial charge in [-0.15, -0.1) is 0 Å². The molecule has 0 aliphatic carbocycles. The second-order valence-corrected chi connectivity index (χ2v) is 2.71. The molecule has 0 unspecified atom stereocenters. The van der Waals surface area contributed by atoms with Gasteiger partial charge in [0.05, 0.1) is 12.3 Å². The molecular weight excluding hydrogens is 184 g/mol. The third kappa shape index (κ3) is 2.24. The van der Waals surface area contributed by atoms with E-state index < -0.39 is 12.4 Å². The quantitative estimate of drug-likeness (QED) is 0.658. The van der Waals surface area contributed by atoms with Gasteiger partial charge in [0, 0.05) is 14.2 Å². The first kappa shape index (κ1) is 10.1. The lowest BCUT2D eigenvalue weighted by atomic mass is 9.80. The molecule has 0 radical (unpaired) electrons. The first-order valence-corrected chi connectivity index (χ1v) is 3.66. The summed E-state index contributed by atoms with van der Waals surface area (Å²) in [5.41, 5.74) is -0.734.